The van der Waals surface area contributed by atoms with Crippen LogP contribution < -0.4 is 10.6 Å². The molecule has 0 aliphatic heterocycles. The minimum Gasteiger partial charge on any atom is -0.319 e. The van der Waals surface area contributed by atoms with Gasteiger partial charge >= 0.3 is 0 Å². The van der Waals surface area contributed by atoms with Gasteiger partial charge in [-0.1, -0.05) is 6.92 Å². The molecule has 16 heavy (non-hydrogen) atoms. The second-order valence-electron chi connectivity index (χ2n) is 4.12. The van der Waals surface area contributed by atoms with E-state index >= 15 is 0 Å². The van der Waals surface area contributed by atoms with Gasteiger partial charge in [-0.2, -0.15) is 0 Å². The summed E-state index contributed by atoms with van der Waals surface area (Å²) in [5, 5.41) is 5.79. The van der Waals surface area contributed by atoms with E-state index in [1.54, 1.807) is 0 Å². The molecule has 1 heterocycles. The lowest BCUT2D eigenvalue weighted by atomic mass is 10.1. The SMILES string of the molecule is CNCC(C)C(=O)Nc1cc(C)cc(C)n1. The second-order valence-corrected chi connectivity index (χ2v) is 4.12. The van der Waals surface area contributed by atoms with Gasteiger partial charge in [-0.25, -0.2) is 4.98 Å². The minimum absolute atomic E-state index is 0.00755. The second kappa shape index (κ2) is 5.61. The van der Waals surface area contributed by atoms with Crippen LogP contribution in [0.2, 0.25) is 0 Å². The normalized spacial score (nSPS) is 12.2. The minimum atomic E-state index is -0.0624. The van der Waals surface area contributed by atoms with Gasteiger partial charge in [0.25, 0.3) is 0 Å². The summed E-state index contributed by atoms with van der Waals surface area (Å²) < 4.78 is 0. The predicted molar refractivity (Wildman–Crippen MR) is 65.4 cm³/mol. The molecule has 1 atom stereocenters. The van der Waals surface area contributed by atoms with Crippen molar-refractivity contribution >= 4 is 11.7 Å². The van der Waals surface area contributed by atoms with Gasteiger partial charge in [-0.05, 0) is 38.6 Å². The number of amides is 1. The van der Waals surface area contributed by atoms with Crippen LogP contribution in [-0.4, -0.2) is 24.5 Å². The maximum absolute atomic E-state index is 11.7. The third-order valence-electron chi connectivity index (χ3n) is 2.31. The molecule has 0 aromatic carbocycles. The maximum atomic E-state index is 11.7. The number of nitrogens with zero attached hydrogens (tertiary/aromatic N) is 1. The van der Waals surface area contributed by atoms with Gasteiger partial charge in [0.2, 0.25) is 5.91 Å². The fourth-order valence-corrected chi connectivity index (χ4v) is 1.55. The Kier molecular flexibility index (Phi) is 4.43. The largest absolute Gasteiger partial charge is 0.319 e. The van der Waals surface area contributed by atoms with Crippen molar-refractivity contribution in [1.82, 2.24) is 10.3 Å². The number of anilines is 1. The molecular weight excluding hydrogens is 202 g/mol. The van der Waals surface area contributed by atoms with E-state index in [2.05, 4.69) is 15.6 Å². The first kappa shape index (κ1) is 12.6. The van der Waals surface area contributed by atoms with E-state index in [4.69, 9.17) is 0 Å². The Labute approximate surface area is 96.5 Å². The van der Waals surface area contributed by atoms with Crippen LogP contribution in [0.3, 0.4) is 0 Å². The number of pyridine rings is 1. The lowest BCUT2D eigenvalue weighted by Gasteiger charge is -2.11. The van der Waals surface area contributed by atoms with Crippen molar-refractivity contribution in [2.45, 2.75) is 20.8 Å². The zero-order chi connectivity index (χ0) is 12.1. The van der Waals surface area contributed by atoms with Crippen molar-refractivity contribution in [3.8, 4) is 0 Å². The predicted octanol–water partition coefficient (Wildman–Crippen LogP) is 1.49. The van der Waals surface area contributed by atoms with Crippen LogP contribution in [-0.2, 0) is 4.79 Å². The van der Waals surface area contributed by atoms with Gasteiger partial charge in [-0.3, -0.25) is 4.79 Å². The van der Waals surface area contributed by atoms with E-state index in [1.165, 1.54) is 0 Å². The van der Waals surface area contributed by atoms with Crippen molar-refractivity contribution in [2.75, 3.05) is 18.9 Å². The monoisotopic (exact) mass is 221 g/mol. The molecule has 1 aromatic heterocycles. The zero-order valence-corrected chi connectivity index (χ0v) is 10.3. The molecular formula is C12H19N3O. The molecule has 0 saturated carbocycles. The average molecular weight is 221 g/mol. The van der Waals surface area contributed by atoms with Crippen LogP contribution in [0.1, 0.15) is 18.2 Å². The number of rotatable bonds is 4. The fourth-order valence-electron chi connectivity index (χ4n) is 1.55. The van der Waals surface area contributed by atoms with E-state index in [9.17, 15) is 4.79 Å². The summed E-state index contributed by atoms with van der Waals surface area (Å²) in [6.45, 7) is 6.45. The maximum Gasteiger partial charge on any atom is 0.229 e. The molecule has 0 spiro atoms. The summed E-state index contributed by atoms with van der Waals surface area (Å²) in [6, 6.07) is 3.85. The van der Waals surface area contributed by atoms with E-state index < -0.39 is 0 Å². The van der Waals surface area contributed by atoms with E-state index in [1.807, 2.05) is 40.0 Å². The molecule has 0 aliphatic rings. The first-order valence-corrected chi connectivity index (χ1v) is 5.43. The number of carbonyl (C=O) groups is 1. The molecule has 4 heteroatoms. The average Bonchev–Trinajstić information content (AvgIpc) is 2.16. The van der Waals surface area contributed by atoms with Gasteiger partial charge in [0.1, 0.15) is 5.82 Å². The lowest BCUT2D eigenvalue weighted by Crippen LogP contribution is -2.29. The first-order chi connectivity index (χ1) is 7.52. The lowest BCUT2D eigenvalue weighted by molar-refractivity contribution is -0.119. The molecule has 1 unspecified atom stereocenters. The Morgan fingerprint density at radius 2 is 2.12 bits per heavy atom. The third-order valence-corrected chi connectivity index (χ3v) is 2.31. The molecule has 1 rings (SSSR count). The third kappa shape index (κ3) is 3.62. The number of hydrogen-bond donors (Lipinski definition) is 2. The molecule has 0 fully saturated rings. The summed E-state index contributed by atoms with van der Waals surface area (Å²) >= 11 is 0. The highest BCUT2D eigenvalue weighted by Gasteiger charge is 2.12. The van der Waals surface area contributed by atoms with Gasteiger partial charge < -0.3 is 10.6 Å². The van der Waals surface area contributed by atoms with Crippen molar-refractivity contribution in [2.24, 2.45) is 5.92 Å². The van der Waals surface area contributed by atoms with Gasteiger partial charge in [0.15, 0.2) is 0 Å². The fraction of sp³-hybridized carbons (Fsp3) is 0.500. The highest BCUT2D eigenvalue weighted by molar-refractivity contribution is 5.91. The Morgan fingerprint density at radius 3 is 2.69 bits per heavy atom. The molecule has 1 amide bonds. The molecule has 88 valence electrons. The number of carbonyl (C=O) groups excluding carboxylic acids is 1. The van der Waals surface area contributed by atoms with E-state index in [0.717, 1.165) is 11.3 Å². The molecule has 1 aromatic rings. The number of hydrogen-bond acceptors (Lipinski definition) is 3. The zero-order valence-electron chi connectivity index (χ0n) is 10.3. The smallest absolute Gasteiger partial charge is 0.229 e. The quantitative estimate of drug-likeness (QED) is 0.810. The van der Waals surface area contributed by atoms with Gasteiger partial charge in [0.05, 0.1) is 0 Å². The van der Waals surface area contributed by atoms with Gasteiger partial charge in [-0.15, -0.1) is 0 Å². The first-order valence-electron chi connectivity index (χ1n) is 5.43. The van der Waals surface area contributed by atoms with Crippen molar-refractivity contribution < 1.29 is 4.79 Å². The van der Waals surface area contributed by atoms with Crippen LogP contribution in [0.5, 0.6) is 0 Å². The van der Waals surface area contributed by atoms with Crippen LogP contribution >= 0.6 is 0 Å². The summed E-state index contributed by atoms with van der Waals surface area (Å²) in [5.74, 6) is 0.560. The van der Waals surface area contributed by atoms with E-state index in [-0.39, 0.29) is 11.8 Å². The van der Waals surface area contributed by atoms with Crippen LogP contribution in [0.25, 0.3) is 0 Å². The molecule has 2 N–H and O–H groups in total. The van der Waals surface area contributed by atoms with E-state index in [0.29, 0.717) is 12.4 Å². The number of nitrogens with one attached hydrogen (secondary N) is 2. The molecule has 0 aliphatic carbocycles. The van der Waals surface area contributed by atoms with Crippen LogP contribution in [0.15, 0.2) is 12.1 Å². The van der Waals surface area contributed by atoms with Crippen LogP contribution in [0.4, 0.5) is 5.82 Å². The van der Waals surface area contributed by atoms with Gasteiger partial charge in [0, 0.05) is 18.2 Å². The van der Waals surface area contributed by atoms with Crippen molar-refractivity contribution in [1.29, 1.82) is 0 Å². The summed E-state index contributed by atoms with van der Waals surface area (Å²) in [6.07, 6.45) is 0. The standard InChI is InChI=1S/C12H19N3O/c1-8-5-10(3)14-11(6-8)15-12(16)9(2)7-13-4/h5-6,9,13H,7H2,1-4H3,(H,14,15,16). The van der Waals surface area contributed by atoms with Crippen molar-refractivity contribution in [3.05, 3.63) is 23.4 Å². The summed E-state index contributed by atoms with van der Waals surface area (Å²) in [4.78, 5) is 16.0. The van der Waals surface area contributed by atoms with Crippen LogP contribution in [0, 0.1) is 19.8 Å². The highest BCUT2D eigenvalue weighted by atomic mass is 16.1. The Morgan fingerprint density at radius 1 is 1.44 bits per heavy atom. The molecule has 0 bridgehead atoms. The summed E-state index contributed by atoms with van der Waals surface area (Å²) in [7, 11) is 1.83. The molecule has 4 nitrogen and oxygen atoms in total. The molecule has 0 saturated heterocycles. The Hall–Kier alpha value is -1.42. The highest BCUT2D eigenvalue weighted by Crippen LogP contribution is 2.10. The molecule has 0 radical (unpaired) electrons. The topological polar surface area (TPSA) is 54.0 Å². The number of aromatic nitrogens is 1. The Balaban J connectivity index is 2.69. The summed E-state index contributed by atoms with van der Waals surface area (Å²) in [5.41, 5.74) is 2.01. The number of aryl methyl sites for hydroxylation is 2. The van der Waals surface area contributed by atoms with Crippen molar-refractivity contribution in [3.63, 3.8) is 0 Å². The Bertz CT molecular complexity index is 356.